The molecule has 0 aromatic carbocycles. The van der Waals surface area contributed by atoms with Gasteiger partial charge in [-0.15, -0.1) is 0 Å². The van der Waals surface area contributed by atoms with E-state index >= 15 is 0 Å². The highest BCUT2D eigenvalue weighted by Gasteiger charge is 2.29. The number of rotatable bonds is 4. The summed E-state index contributed by atoms with van der Waals surface area (Å²) in [7, 11) is 0. The lowest BCUT2D eigenvalue weighted by molar-refractivity contribution is -0.134. The fraction of sp³-hybridized carbons (Fsp3) is 0.667. The molecule has 1 aromatic heterocycles. The molecule has 0 saturated carbocycles. The van der Waals surface area contributed by atoms with Crippen LogP contribution in [0.3, 0.4) is 0 Å². The van der Waals surface area contributed by atoms with Crippen LogP contribution in [0.2, 0.25) is 0 Å². The molecule has 146 valence electrons. The highest BCUT2D eigenvalue weighted by molar-refractivity contribution is 6.00. The van der Waals surface area contributed by atoms with Crippen LogP contribution in [0.1, 0.15) is 56.4 Å². The number of amides is 2. The van der Waals surface area contributed by atoms with Crippen LogP contribution in [-0.4, -0.2) is 43.0 Å². The first-order chi connectivity index (χ1) is 13.2. The number of imide groups is 1. The quantitative estimate of drug-likeness (QED) is 0.795. The Morgan fingerprint density at radius 3 is 2.41 bits per heavy atom. The predicted molar refractivity (Wildman–Crippen MR) is 105 cm³/mol. The summed E-state index contributed by atoms with van der Waals surface area (Å²) in [6, 6.07) is 4.04. The molecule has 2 amide bonds. The third-order valence-electron chi connectivity index (χ3n) is 6.48. The molecule has 6 nitrogen and oxygen atoms in total. The minimum Gasteiger partial charge on any atom is -0.357 e. The predicted octanol–water partition coefficient (Wildman–Crippen LogP) is 2.21. The summed E-state index contributed by atoms with van der Waals surface area (Å²) < 4.78 is 0. The van der Waals surface area contributed by atoms with Crippen LogP contribution in [-0.2, 0) is 9.59 Å². The highest BCUT2D eigenvalue weighted by Crippen LogP contribution is 2.31. The van der Waals surface area contributed by atoms with Crippen molar-refractivity contribution in [2.75, 3.05) is 31.1 Å². The Morgan fingerprint density at radius 2 is 1.74 bits per heavy atom. The lowest BCUT2D eigenvalue weighted by Crippen LogP contribution is -2.39. The molecule has 3 aliphatic rings. The number of nitrogens with zero attached hydrogens (tertiary/aromatic N) is 2. The van der Waals surface area contributed by atoms with E-state index in [-0.39, 0.29) is 17.7 Å². The lowest BCUT2D eigenvalue weighted by Gasteiger charge is -2.35. The number of pyridine rings is 1. The van der Waals surface area contributed by atoms with Gasteiger partial charge in [0.25, 0.3) is 0 Å². The van der Waals surface area contributed by atoms with Crippen LogP contribution in [0.15, 0.2) is 18.3 Å². The third kappa shape index (κ3) is 4.49. The highest BCUT2D eigenvalue weighted by atomic mass is 16.2. The molecule has 1 atom stereocenters. The van der Waals surface area contributed by atoms with E-state index < -0.39 is 0 Å². The largest absolute Gasteiger partial charge is 0.357 e. The van der Waals surface area contributed by atoms with E-state index in [0.717, 1.165) is 36.3 Å². The lowest BCUT2D eigenvalue weighted by atomic mass is 9.83. The minimum absolute atomic E-state index is 0.173. The number of aromatic nitrogens is 1. The average Bonchev–Trinajstić information content (AvgIpc) is 2.70. The van der Waals surface area contributed by atoms with Crippen LogP contribution < -0.4 is 15.5 Å². The van der Waals surface area contributed by atoms with Crippen LogP contribution >= 0.6 is 0 Å². The van der Waals surface area contributed by atoms with Gasteiger partial charge < -0.3 is 10.2 Å². The van der Waals surface area contributed by atoms with E-state index in [1.807, 2.05) is 18.3 Å². The van der Waals surface area contributed by atoms with E-state index in [9.17, 15) is 9.59 Å². The van der Waals surface area contributed by atoms with Gasteiger partial charge in [-0.05, 0) is 75.1 Å². The zero-order valence-electron chi connectivity index (χ0n) is 16.0. The van der Waals surface area contributed by atoms with Gasteiger partial charge in [0.05, 0.1) is 5.92 Å². The summed E-state index contributed by atoms with van der Waals surface area (Å²) in [5.74, 6) is 2.15. The first kappa shape index (κ1) is 18.4. The summed E-state index contributed by atoms with van der Waals surface area (Å²) in [5, 5.41) is 5.88. The fourth-order valence-electron chi connectivity index (χ4n) is 4.79. The zero-order valence-corrected chi connectivity index (χ0v) is 16.0. The SMILES string of the molecule is O=C1CCC(c2ccc(N3CCC(CC4CCNCC4)CC3)nc2)C(=O)N1. The van der Waals surface area contributed by atoms with Gasteiger partial charge in [-0.3, -0.25) is 14.9 Å². The molecule has 0 aliphatic carbocycles. The third-order valence-corrected chi connectivity index (χ3v) is 6.48. The van der Waals surface area contributed by atoms with Gasteiger partial charge in [-0.2, -0.15) is 0 Å². The first-order valence-electron chi connectivity index (χ1n) is 10.4. The first-order valence-corrected chi connectivity index (χ1v) is 10.4. The minimum atomic E-state index is -0.250. The monoisotopic (exact) mass is 370 g/mol. The molecule has 1 aromatic rings. The normalized spacial score (nSPS) is 25.5. The number of carbonyl (C=O) groups excluding carboxylic acids is 2. The van der Waals surface area contributed by atoms with E-state index in [1.165, 1.54) is 45.2 Å². The standard InChI is InChI=1S/C21H30N4O2/c26-20-4-2-18(21(27)24-20)17-1-3-19(23-14-17)25-11-7-16(8-12-25)13-15-5-9-22-10-6-15/h1,3,14-16,18,22H,2,4-13H2,(H,24,26,27). The Labute approximate surface area is 161 Å². The van der Waals surface area contributed by atoms with E-state index in [1.54, 1.807) is 0 Å². The molecule has 4 heterocycles. The molecule has 0 bridgehead atoms. The van der Waals surface area contributed by atoms with Crippen molar-refractivity contribution in [2.24, 2.45) is 11.8 Å². The molecule has 3 saturated heterocycles. The molecule has 6 heteroatoms. The van der Waals surface area contributed by atoms with Gasteiger partial charge in [0.1, 0.15) is 5.82 Å². The average molecular weight is 370 g/mol. The van der Waals surface area contributed by atoms with Crippen LogP contribution in [0.25, 0.3) is 0 Å². The zero-order chi connectivity index (χ0) is 18.6. The molecule has 3 aliphatic heterocycles. The maximum Gasteiger partial charge on any atom is 0.234 e. The number of hydrogen-bond acceptors (Lipinski definition) is 5. The molecule has 4 rings (SSSR count). The second-order valence-corrected chi connectivity index (χ2v) is 8.31. The topological polar surface area (TPSA) is 74.3 Å². The van der Waals surface area contributed by atoms with Crippen LogP contribution in [0, 0.1) is 11.8 Å². The van der Waals surface area contributed by atoms with Crippen molar-refractivity contribution in [1.82, 2.24) is 15.6 Å². The second kappa shape index (κ2) is 8.38. The van der Waals surface area contributed by atoms with Gasteiger partial charge in [0.2, 0.25) is 11.8 Å². The Morgan fingerprint density at radius 1 is 1.00 bits per heavy atom. The number of piperidine rings is 3. The van der Waals surface area contributed by atoms with Crippen molar-refractivity contribution < 1.29 is 9.59 Å². The molecule has 27 heavy (non-hydrogen) atoms. The number of nitrogens with one attached hydrogen (secondary N) is 2. The van der Waals surface area contributed by atoms with Crippen molar-refractivity contribution in [2.45, 2.75) is 50.9 Å². The molecule has 0 radical (unpaired) electrons. The maximum atomic E-state index is 12.0. The van der Waals surface area contributed by atoms with Crippen molar-refractivity contribution in [3.63, 3.8) is 0 Å². The summed E-state index contributed by atoms with van der Waals surface area (Å²) in [4.78, 5) is 30.3. The molecule has 1 unspecified atom stereocenters. The number of hydrogen-bond donors (Lipinski definition) is 2. The second-order valence-electron chi connectivity index (χ2n) is 8.31. The maximum absolute atomic E-state index is 12.0. The van der Waals surface area contributed by atoms with E-state index in [2.05, 4.69) is 20.5 Å². The molecule has 2 N–H and O–H groups in total. The molecule has 0 spiro atoms. The van der Waals surface area contributed by atoms with Crippen LogP contribution in [0.5, 0.6) is 0 Å². The summed E-state index contributed by atoms with van der Waals surface area (Å²) in [5.41, 5.74) is 0.907. The molecular formula is C21H30N4O2. The number of anilines is 1. The Balaban J connectivity index is 1.29. The summed E-state index contributed by atoms with van der Waals surface area (Å²) in [6.07, 6.45) is 9.36. The molecule has 3 fully saturated rings. The van der Waals surface area contributed by atoms with E-state index in [4.69, 9.17) is 0 Å². The van der Waals surface area contributed by atoms with Crippen molar-refractivity contribution in [3.05, 3.63) is 23.9 Å². The Kier molecular flexibility index (Phi) is 5.72. The molecular weight excluding hydrogens is 340 g/mol. The van der Waals surface area contributed by atoms with Gasteiger partial charge in [-0.1, -0.05) is 6.07 Å². The Hall–Kier alpha value is -1.95. The van der Waals surface area contributed by atoms with E-state index in [0.29, 0.717) is 12.8 Å². The van der Waals surface area contributed by atoms with Gasteiger partial charge in [0.15, 0.2) is 0 Å². The van der Waals surface area contributed by atoms with Crippen LogP contribution in [0.4, 0.5) is 5.82 Å². The Bertz CT molecular complexity index is 661. The van der Waals surface area contributed by atoms with Gasteiger partial charge >= 0.3 is 0 Å². The smallest absolute Gasteiger partial charge is 0.234 e. The van der Waals surface area contributed by atoms with Gasteiger partial charge in [0, 0.05) is 25.7 Å². The summed E-state index contributed by atoms with van der Waals surface area (Å²) in [6.45, 7) is 4.51. The van der Waals surface area contributed by atoms with Gasteiger partial charge in [-0.25, -0.2) is 4.98 Å². The van der Waals surface area contributed by atoms with Crippen molar-refractivity contribution >= 4 is 17.6 Å². The number of carbonyl (C=O) groups is 2. The van der Waals surface area contributed by atoms with Crippen molar-refractivity contribution in [3.8, 4) is 0 Å². The van der Waals surface area contributed by atoms with Crippen molar-refractivity contribution in [1.29, 1.82) is 0 Å². The fourth-order valence-corrected chi connectivity index (χ4v) is 4.79. The summed E-state index contributed by atoms with van der Waals surface area (Å²) >= 11 is 0.